The van der Waals surface area contributed by atoms with Crippen molar-refractivity contribution in [1.29, 1.82) is 0 Å². The molecule has 0 atom stereocenters. The molecule has 0 N–H and O–H groups in total. The fraction of sp³-hybridized carbons (Fsp3) is 0.125. The minimum Gasteiger partial charge on any atom is -0.309 e. The van der Waals surface area contributed by atoms with Crippen LogP contribution in [0.25, 0.3) is 53.2 Å². The van der Waals surface area contributed by atoms with Gasteiger partial charge in [-0.1, -0.05) is 74.2 Å². The van der Waals surface area contributed by atoms with Crippen molar-refractivity contribution in [2.45, 2.75) is 27.2 Å². The first-order valence-electron chi connectivity index (χ1n) is 11.9. The molecule has 2 heteroatoms. The predicted octanol–water partition coefficient (Wildman–Crippen LogP) is 10.1. The summed E-state index contributed by atoms with van der Waals surface area (Å²) in [4.78, 5) is 0. The molecule has 5 rings (SSSR count). The first-order valence-corrected chi connectivity index (χ1v) is 12.7. The Morgan fingerprint density at radius 3 is 2.56 bits per heavy atom. The molecule has 2 heterocycles. The van der Waals surface area contributed by atoms with Crippen molar-refractivity contribution in [2.75, 3.05) is 0 Å². The first-order chi connectivity index (χ1) is 16.7. The van der Waals surface area contributed by atoms with Crippen molar-refractivity contribution in [3.05, 3.63) is 109 Å². The Morgan fingerprint density at radius 2 is 1.79 bits per heavy atom. The van der Waals surface area contributed by atoms with E-state index >= 15 is 0 Å². The molecule has 0 saturated heterocycles. The quantitative estimate of drug-likeness (QED) is 0.223. The van der Waals surface area contributed by atoms with E-state index in [4.69, 9.17) is 0 Å². The van der Waals surface area contributed by atoms with E-state index < -0.39 is 0 Å². The predicted molar refractivity (Wildman–Crippen MR) is 155 cm³/mol. The second-order valence-electron chi connectivity index (χ2n) is 8.38. The highest BCUT2D eigenvalue weighted by Crippen LogP contribution is 2.43. The van der Waals surface area contributed by atoms with Gasteiger partial charge in [0.2, 0.25) is 0 Å². The fourth-order valence-corrected chi connectivity index (χ4v) is 5.97. The number of hydrogen-bond donors (Lipinski definition) is 0. The third kappa shape index (κ3) is 3.55. The van der Waals surface area contributed by atoms with Gasteiger partial charge in [-0.3, -0.25) is 0 Å². The topological polar surface area (TPSA) is 4.93 Å². The SMILES string of the molecule is C=C/C=C(\C=C/C)n1c2ccc(C(/C=C\CC)=C/C)cc2c2ccc3sc4ccccc4c3c21. The van der Waals surface area contributed by atoms with Crippen molar-refractivity contribution in [3.63, 3.8) is 0 Å². The number of hydrogen-bond acceptors (Lipinski definition) is 1. The van der Waals surface area contributed by atoms with Crippen LogP contribution < -0.4 is 0 Å². The monoisotopic (exact) mass is 459 g/mol. The van der Waals surface area contributed by atoms with Crippen LogP contribution in [-0.2, 0) is 0 Å². The van der Waals surface area contributed by atoms with Crippen LogP contribution >= 0.6 is 11.3 Å². The Labute approximate surface area is 205 Å². The van der Waals surface area contributed by atoms with Crippen molar-refractivity contribution >= 4 is 64.6 Å². The van der Waals surface area contributed by atoms with Crippen LogP contribution in [0.1, 0.15) is 32.8 Å². The molecule has 0 aliphatic carbocycles. The van der Waals surface area contributed by atoms with Crippen molar-refractivity contribution < 1.29 is 0 Å². The molecule has 0 fully saturated rings. The molecule has 2 aromatic heterocycles. The third-order valence-electron chi connectivity index (χ3n) is 6.33. The smallest absolute Gasteiger partial charge is 0.0634 e. The number of aromatic nitrogens is 1. The second kappa shape index (κ2) is 9.32. The van der Waals surface area contributed by atoms with Gasteiger partial charge >= 0.3 is 0 Å². The van der Waals surface area contributed by atoms with E-state index in [-0.39, 0.29) is 0 Å². The summed E-state index contributed by atoms with van der Waals surface area (Å²) in [5.74, 6) is 0. The molecule has 0 unspecified atom stereocenters. The molecule has 0 saturated carbocycles. The molecule has 0 radical (unpaired) electrons. The number of allylic oxidation sites excluding steroid dienone is 9. The van der Waals surface area contributed by atoms with E-state index in [0.29, 0.717) is 0 Å². The molecule has 168 valence electrons. The van der Waals surface area contributed by atoms with Crippen LogP contribution in [0.5, 0.6) is 0 Å². The van der Waals surface area contributed by atoms with Gasteiger partial charge in [0.15, 0.2) is 0 Å². The Bertz CT molecular complexity index is 1660. The Hall–Kier alpha value is -3.62. The van der Waals surface area contributed by atoms with Gasteiger partial charge < -0.3 is 4.57 Å². The summed E-state index contributed by atoms with van der Waals surface area (Å²) in [6.07, 6.45) is 15.9. The molecule has 34 heavy (non-hydrogen) atoms. The highest BCUT2D eigenvalue weighted by molar-refractivity contribution is 7.26. The highest BCUT2D eigenvalue weighted by Gasteiger charge is 2.18. The van der Waals surface area contributed by atoms with Gasteiger partial charge in [0.25, 0.3) is 0 Å². The van der Waals surface area contributed by atoms with E-state index in [9.17, 15) is 0 Å². The maximum Gasteiger partial charge on any atom is 0.0634 e. The normalized spacial score (nSPS) is 13.5. The van der Waals surface area contributed by atoms with Gasteiger partial charge in [-0.25, -0.2) is 0 Å². The number of rotatable bonds is 6. The lowest BCUT2D eigenvalue weighted by Crippen LogP contribution is -1.95. The van der Waals surface area contributed by atoms with Crippen LogP contribution in [0.2, 0.25) is 0 Å². The summed E-state index contributed by atoms with van der Waals surface area (Å²) >= 11 is 1.87. The summed E-state index contributed by atoms with van der Waals surface area (Å²) in [5, 5.41) is 5.19. The number of nitrogens with zero attached hydrogens (tertiary/aromatic N) is 1. The van der Waals surface area contributed by atoms with Crippen molar-refractivity contribution in [3.8, 4) is 0 Å². The molecule has 0 amide bonds. The molecule has 3 aromatic carbocycles. The summed E-state index contributed by atoms with van der Waals surface area (Å²) in [7, 11) is 0. The van der Waals surface area contributed by atoms with E-state index in [1.165, 1.54) is 53.1 Å². The van der Waals surface area contributed by atoms with Crippen molar-refractivity contribution in [2.24, 2.45) is 0 Å². The second-order valence-corrected chi connectivity index (χ2v) is 9.47. The minimum absolute atomic E-state index is 1.03. The summed E-state index contributed by atoms with van der Waals surface area (Å²) in [6, 6.07) is 20.2. The zero-order chi connectivity index (χ0) is 23.7. The van der Waals surface area contributed by atoms with Gasteiger partial charge in [-0.2, -0.15) is 0 Å². The molecule has 5 aromatic rings. The lowest BCUT2D eigenvalue weighted by molar-refractivity contribution is 1.22. The maximum atomic E-state index is 4.00. The van der Waals surface area contributed by atoms with Gasteiger partial charge in [-0.05, 0) is 67.8 Å². The van der Waals surface area contributed by atoms with Crippen LogP contribution in [-0.4, -0.2) is 4.57 Å². The summed E-state index contributed by atoms with van der Waals surface area (Å²) in [6.45, 7) is 10.3. The standard InChI is InChI=1S/C32H29NS/c1-5-9-14-22(8-4)23-17-19-28-27(21-23)25-18-20-30-31(26-15-10-11-16-29(26)34-30)32(25)33(28)24(12-6-2)13-7-3/h6-21H,2,5H2,1,3-4H3/b13-7-,14-9-,22-8+,24-12+. The maximum absolute atomic E-state index is 4.00. The van der Waals surface area contributed by atoms with E-state index in [1.807, 2.05) is 17.4 Å². The average molecular weight is 460 g/mol. The molecular formula is C32H29NS. The Morgan fingerprint density at radius 1 is 0.941 bits per heavy atom. The molecular weight excluding hydrogens is 430 g/mol. The summed E-state index contributed by atoms with van der Waals surface area (Å²) in [5.41, 5.74) is 6.09. The highest BCUT2D eigenvalue weighted by atomic mass is 32.1. The van der Waals surface area contributed by atoms with Crippen molar-refractivity contribution in [1.82, 2.24) is 4.57 Å². The molecule has 0 aliphatic heterocycles. The molecule has 0 spiro atoms. The molecule has 0 aliphatic rings. The molecule has 0 bridgehead atoms. The number of thiophene rings is 1. The van der Waals surface area contributed by atoms with E-state index in [1.54, 1.807) is 0 Å². The first kappa shape index (κ1) is 22.2. The van der Waals surface area contributed by atoms with E-state index in [0.717, 1.165) is 12.1 Å². The zero-order valence-electron chi connectivity index (χ0n) is 20.0. The van der Waals surface area contributed by atoms with Crippen LogP contribution in [0, 0.1) is 0 Å². The summed E-state index contributed by atoms with van der Waals surface area (Å²) < 4.78 is 5.05. The lowest BCUT2D eigenvalue weighted by Gasteiger charge is -2.10. The van der Waals surface area contributed by atoms with E-state index in [2.05, 4.69) is 123 Å². The molecule has 1 nitrogen and oxygen atoms in total. The Balaban J connectivity index is 1.97. The van der Waals surface area contributed by atoms with Gasteiger partial charge in [0.05, 0.1) is 11.0 Å². The fourth-order valence-electron chi connectivity index (χ4n) is 4.86. The van der Waals surface area contributed by atoms with Gasteiger partial charge in [0.1, 0.15) is 0 Å². The lowest BCUT2D eigenvalue weighted by atomic mass is 10.0. The minimum atomic E-state index is 1.03. The Kier molecular flexibility index (Phi) is 6.08. The van der Waals surface area contributed by atoms with Crippen LogP contribution in [0.4, 0.5) is 0 Å². The van der Waals surface area contributed by atoms with Gasteiger partial charge in [-0.15, -0.1) is 11.3 Å². The zero-order valence-corrected chi connectivity index (χ0v) is 20.8. The third-order valence-corrected chi connectivity index (χ3v) is 7.46. The largest absolute Gasteiger partial charge is 0.309 e. The number of benzene rings is 3. The average Bonchev–Trinajstić information content (AvgIpc) is 3.39. The van der Waals surface area contributed by atoms with Crippen LogP contribution in [0.3, 0.4) is 0 Å². The number of fused-ring (bicyclic) bond motifs is 7. The van der Waals surface area contributed by atoms with Gasteiger partial charge in [0, 0.05) is 36.6 Å². The van der Waals surface area contributed by atoms with Crippen LogP contribution in [0.15, 0.2) is 104 Å².